The zero-order chi connectivity index (χ0) is 35.0. The number of nitrogens with zero attached hydrogens (tertiary/aromatic N) is 2. The van der Waals surface area contributed by atoms with Gasteiger partial charge in [0.15, 0.2) is 0 Å². The Morgan fingerprint density at radius 1 is 0.540 bits per heavy atom. The minimum atomic E-state index is -0.527. The van der Waals surface area contributed by atoms with Gasteiger partial charge in [0.05, 0.1) is 0 Å². The fourth-order valence-corrected chi connectivity index (χ4v) is 5.52. The van der Waals surface area contributed by atoms with Crippen LogP contribution in [0, 0.1) is 6.92 Å². The van der Waals surface area contributed by atoms with Crippen LogP contribution in [0.15, 0.2) is 176 Å². The summed E-state index contributed by atoms with van der Waals surface area (Å²) in [5.41, 5.74) is 9.50. The molecule has 0 saturated carbocycles. The summed E-state index contributed by atoms with van der Waals surface area (Å²) < 4.78 is 10.7. The molecule has 6 nitrogen and oxygen atoms in total. The molecule has 0 spiro atoms. The van der Waals surface area contributed by atoms with Crippen LogP contribution in [0.2, 0.25) is 0 Å². The fraction of sp³-hybridized carbons (Fsp3) is 0.0455. The topological polar surface area (TPSA) is 59.1 Å². The van der Waals surface area contributed by atoms with Crippen molar-refractivity contribution in [2.24, 2.45) is 0 Å². The van der Waals surface area contributed by atoms with Gasteiger partial charge >= 0.3 is 11.9 Å². The Hall–Kier alpha value is -6.66. The zero-order valence-electron chi connectivity index (χ0n) is 28.0. The van der Waals surface area contributed by atoms with Crippen molar-refractivity contribution in [2.75, 3.05) is 9.80 Å². The number of ether oxygens (including phenoxy) is 2. The summed E-state index contributed by atoms with van der Waals surface area (Å²) in [6, 6.07) is 50.2. The summed E-state index contributed by atoms with van der Waals surface area (Å²) in [5, 5.41) is 0. The highest BCUT2D eigenvalue weighted by Gasteiger charge is 2.16. The van der Waals surface area contributed by atoms with E-state index in [0.29, 0.717) is 17.1 Å². The van der Waals surface area contributed by atoms with Crippen LogP contribution in [-0.2, 0) is 9.59 Å². The monoisotopic (exact) mass is 656 g/mol. The van der Waals surface area contributed by atoms with Gasteiger partial charge in [-0.1, -0.05) is 67.8 Å². The first kappa shape index (κ1) is 33.2. The predicted molar refractivity (Wildman–Crippen MR) is 202 cm³/mol. The molecule has 0 fully saturated rings. The van der Waals surface area contributed by atoms with E-state index in [1.54, 1.807) is 31.2 Å². The van der Waals surface area contributed by atoms with Crippen molar-refractivity contribution in [3.8, 4) is 22.6 Å². The first-order valence-corrected chi connectivity index (χ1v) is 16.1. The predicted octanol–water partition coefficient (Wildman–Crippen LogP) is 11.2. The molecule has 0 aliphatic carbocycles. The molecule has 6 heteroatoms. The molecule has 0 aromatic heterocycles. The van der Waals surface area contributed by atoms with Crippen LogP contribution >= 0.6 is 0 Å². The van der Waals surface area contributed by atoms with Gasteiger partial charge < -0.3 is 19.3 Å². The van der Waals surface area contributed by atoms with E-state index < -0.39 is 11.9 Å². The van der Waals surface area contributed by atoms with Crippen molar-refractivity contribution >= 4 is 46.1 Å². The third-order valence-corrected chi connectivity index (χ3v) is 7.99. The number of esters is 2. The largest absolute Gasteiger partial charge is 0.423 e. The molecule has 0 unspecified atom stereocenters. The van der Waals surface area contributed by atoms with Crippen molar-refractivity contribution in [3.05, 3.63) is 182 Å². The molecule has 6 aromatic carbocycles. The molecule has 0 bridgehead atoms. The summed E-state index contributed by atoms with van der Waals surface area (Å²) in [7, 11) is 0. The lowest BCUT2D eigenvalue weighted by Crippen LogP contribution is -2.11. The smallest absolute Gasteiger partial charge is 0.338 e. The summed E-state index contributed by atoms with van der Waals surface area (Å²) in [6.45, 7) is 10.8. The van der Waals surface area contributed by atoms with Crippen molar-refractivity contribution < 1.29 is 19.1 Å². The lowest BCUT2D eigenvalue weighted by molar-refractivity contribution is -0.130. The quantitative estimate of drug-likeness (QED) is 0.0786. The third kappa shape index (κ3) is 7.72. The van der Waals surface area contributed by atoms with E-state index in [4.69, 9.17) is 9.47 Å². The number of carbonyl (C=O) groups excluding carboxylic acids is 2. The van der Waals surface area contributed by atoms with Gasteiger partial charge in [0.1, 0.15) is 11.5 Å². The molecule has 0 aliphatic heterocycles. The van der Waals surface area contributed by atoms with Crippen molar-refractivity contribution in [1.82, 2.24) is 0 Å². The Morgan fingerprint density at radius 2 is 0.960 bits per heavy atom. The van der Waals surface area contributed by atoms with Crippen LogP contribution < -0.4 is 19.3 Å². The van der Waals surface area contributed by atoms with Crippen LogP contribution in [0.1, 0.15) is 12.5 Å². The van der Waals surface area contributed by atoms with Crippen molar-refractivity contribution in [3.63, 3.8) is 0 Å². The first-order chi connectivity index (χ1) is 24.3. The number of rotatable bonds is 11. The summed E-state index contributed by atoms with van der Waals surface area (Å²) in [5.74, 6) is -0.181. The van der Waals surface area contributed by atoms with Gasteiger partial charge in [0, 0.05) is 45.8 Å². The highest BCUT2D eigenvalue weighted by Crippen LogP contribution is 2.39. The van der Waals surface area contributed by atoms with Crippen LogP contribution in [0.4, 0.5) is 34.1 Å². The van der Waals surface area contributed by atoms with E-state index in [2.05, 4.69) is 127 Å². The molecule has 6 aromatic rings. The Labute approximate surface area is 292 Å². The van der Waals surface area contributed by atoms with Crippen LogP contribution in [0.5, 0.6) is 11.5 Å². The number of benzene rings is 6. The summed E-state index contributed by atoms with van der Waals surface area (Å²) >= 11 is 0. The maximum absolute atomic E-state index is 12.1. The molecule has 246 valence electrons. The van der Waals surface area contributed by atoms with Crippen LogP contribution in [0.25, 0.3) is 11.1 Å². The van der Waals surface area contributed by atoms with E-state index in [1.807, 2.05) is 30.3 Å². The maximum Gasteiger partial charge on any atom is 0.338 e. The molecule has 0 saturated heterocycles. The fourth-order valence-electron chi connectivity index (χ4n) is 5.52. The molecular weight excluding hydrogens is 620 g/mol. The van der Waals surface area contributed by atoms with Crippen molar-refractivity contribution in [1.29, 1.82) is 0 Å². The second-order valence-electron chi connectivity index (χ2n) is 11.7. The molecule has 0 radical (unpaired) electrons. The standard InChI is InChI=1S/C44H36N2O4/c1-5-43(47)49-41-26-22-38(23-27-41)45(39-24-28-42(29-25-39)50-44(48)31(2)3)36-18-14-33(15-19-36)34-16-20-37(21-17-34)46(35-11-7-6-8-12-35)40-13-9-10-32(4)30-40/h5-30H,1-2H2,3-4H3. The average Bonchev–Trinajstić information content (AvgIpc) is 3.14. The van der Waals surface area contributed by atoms with Gasteiger partial charge in [0.2, 0.25) is 0 Å². The molecule has 6 rings (SSSR count). The minimum Gasteiger partial charge on any atom is -0.423 e. The van der Waals surface area contributed by atoms with E-state index in [9.17, 15) is 9.59 Å². The highest BCUT2D eigenvalue weighted by atomic mass is 16.5. The van der Waals surface area contributed by atoms with Gasteiger partial charge in [0.25, 0.3) is 0 Å². The van der Waals surface area contributed by atoms with Gasteiger partial charge in [-0.15, -0.1) is 0 Å². The second kappa shape index (κ2) is 15.0. The van der Waals surface area contributed by atoms with Gasteiger partial charge in [-0.25, -0.2) is 9.59 Å². The first-order valence-electron chi connectivity index (χ1n) is 16.1. The third-order valence-electron chi connectivity index (χ3n) is 7.99. The summed E-state index contributed by atoms with van der Waals surface area (Å²) in [6.07, 6.45) is 1.13. The highest BCUT2D eigenvalue weighted by molar-refractivity contribution is 5.89. The molecule has 0 heterocycles. The number of aryl methyl sites for hydroxylation is 1. The normalized spacial score (nSPS) is 10.5. The molecule has 0 atom stereocenters. The zero-order valence-corrected chi connectivity index (χ0v) is 28.0. The van der Waals surface area contributed by atoms with E-state index in [-0.39, 0.29) is 0 Å². The number of carbonyl (C=O) groups is 2. The second-order valence-corrected chi connectivity index (χ2v) is 11.7. The summed E-state index contributed by atoms with van der Waals surface area (Å²) in [4.78, 5) is 28.1. The molecule has 0 aliphatic rings. The molecule has 50 heavy (non-hydrogen) atoms. The van der Waals surface area contributed by atoms with Crippen molar-refractivity contribution in [2.45, 2.75) is 13.8 Å². The van der Waals surface area contributed by atoms with Gasteiger partial charge in [-0.3, -0.25) is 0 Å². The van der Waals surface area contributed by atoms with Gasteiger partial charge in [-0.2, -0.15) is 0 Å². The number of hydrogen-bond acceptors (Lipinski definition) is 6. The average molecular weight is 657 g/mol. The number of anilines is 6. The number of para-hydroxylation sites is 1. The van der Waals surface area contributed by atoms with Crippen LogP contribution in [0.3, 0.4) is 0 Å². The van der Waals surface area contributed by atoms with E-state index in [1.165, 1.54) is 5.56 Å². The molecule has 0 amide bonds. The Balaban J connectivity index is 1.30. The van der Waals surface area contributed by atoms with Gasteiger partial charge in [-0.05, 0) is 128 Å². The molecular formula is C44H36N2O4. The lowest BCUT2D eigenvalue weighted by Gasteiger charge is -2.26. The van der Waals surface area contributed by atoms with Crippen LogP contribution in [-0.4, -0.2) is 11.9 Å². The van der Waals surface area contributed by atoms with E-state index in [0.717, 1.165) is 51.3 Å². The Bertz CT molecular complexity index is 2120. The maximum atomic E-state index is 12.1. The SMILES string of the molecule is C=CC(=O)Oc1ccc(N(c2ccc(OC(=O)C(=C)C)cc2)c2ccc(-c3ccc(N(c4ccccc4)c4cccc(C)c4)cc3)cc2)cc1. The Morgan fingerprint density at radius 3 is 1.42 bits per heavy atom. The van der Waals surface area contributed by atoms with E-state index >= 15 is 0 Å². The lowest BCUT2D eigenvalue weighted by atomic mass is 10.0. The molecule has 0 N–H and O–H groups in total. The number of hydrogen-bond donors (Lipinski definition) is 0. The minimum absolute atomic E-state index is 0.322. The Kier molecular flexibility index (Phi) is 10.0.